The Bertz CT molecular complexity index is 461. The van der Waals surface area contributed by atoms with Gasteiger partial charge < -0.3 is 0 Å². The fourth-order valence-electron chi connectivity index (χ4n) is 1.46. The van der Waals surface area contributed by atoms with Gasteiger partial charge >= 0.3 is 0 Å². The van der Waals surface area contributed by atoms with Gasteiger partial charge in [-0.05, 0) is 24.1 Å². The van der Waals surface area contributed by atoms with Crippen molar-refractivity contribution in [1.29, 1.82) is 0 Å². The van der Waals surface area contributed by atoms with Crippen molar-refractivity contribution in [3.8, 4) is 11.1 Å². The van der Waals surface area contributed by atoms with Crippen molar-refractivity contribution >= 4 is 6.08 Å². The van der Waals surface area contributed by atoms with Crippen LogP contribution in [0.25, 0.3) is 17.2 Å². The topological polar surface area (TPSA) is 25.8 Å². The molecule has 0 unspecified atom stereocenters. The van der Waals surface area contributed by atoms with Crippen LogP contribution < -0.4 is 0 Å². The summed E-state index contributed by atoms with van der Waals surface area (Å²) in [5.41, 5.74) is 3.38. The van der Waals surface area contributed by atoms with Crippen LogP contribution in [0.2, 0.25) is 0 Å². The maximum atomic E-state index is 4.01. The van der Waals surface area contributed by atoms with Crippen LogP contribution in [0.3, 0.4) is 0 Å². The molecule has 0 saturated carbocycles. The van der Waals surface area contributed by atoms with Gasteiger partial charge in [-0.1, -0.05) is 30.4 Å². The molecule has 0 spiro atoms. The first kappa shape index (κ1) is 9.59. The number of hydrogen-bond acceptors (Lipinski definition) is 2. The van der Waals surface area contributed by atoms with Gasteiger partial charge in [-0.2, -0.15) is 0 Å². The van der Waals surface area contributed by atoms with Crippen molar-refractivity contribution in [3.05, 3.63) is 54.6 Å². The van der Waals surface area contributed by atoms with Crippen molar-refractivity contribution in [2.75, 3.05) is 0 Å². The summed E-state index contributed by atoms with van der Waals surface area (Å²) in [4.78, 5) is 8.02. The normalized spacial score (nSPS) is 10.7. The highest BCUT2D eigenvalue weighted by molar-refractivity contribution is 5.65. The first-order chi connectivity index (χ1) is 7.40. The molecule has 0 aliphatic heterocycles. The predicted octanol–water partition coefficient (Wildman–Crippen LogP) is 3.18. The molecule has 0 amide bonds. The molecule has 0 radical (unpaired) electrons. The number of benzene rings is 1. The summed E-state index contributed by atoms with van der Waals surface area (Å²) in [6.45, 7) is 2.01. The molecule has 0 bridgehead atoms. The molecule has 15 heavy (non-hydrogen) atoms. The van der Waals surface area contributed by atoms with Crippen molar-refractivity contribution in [2.24, 2.45) is 0 Å². The molecule has 2 rings (SSSR count). The SMILES string of the molecule is C/C=C/c1cccc(-c2cncnc2)c1. The van der Waals surface area contributed by atoms with E-state index in [1.165, 1.54) is 5.56 Å². The Kier molecular flexibility index (Phi) is 2.88. The molecule has 1 aromatic carbocycles. The Morgan fingerprint density at radius 1 is 1.07 bits per heavy atom. The lowest BCUT2D eigenvalue weighted by Crippen LogP contribution is -1.82. The zero-order valence-corrected chi connectivity index (χ0v) is 8.59. The molecular weight excluding hydrogens is 184 g/mol. The number of rotatable bonds is 2. The van der Waals surface area contributed by atoms with Gasteiger partial charge in [0.05, 0.1) is 0 Å². The summed E-state index contributed by atoms with van der Waals surface area (Å²) in [5.74, 6) is 0. The second kappa shape index (κ2) is 4.51. The van der Waals surface area contributed by atoms with Gasteiger partial charge in [-0.15, -0.1) is 0 Å². The van der Waals surface area contributed by atoms with Gasteiger partial charge in [0.15, 0.2) is 0 Å². The van der Waals surface area contributed by atoms with Crippen molar-refractivity contribution < 1.29 is 0 Å². The van der Waals surface area contributed by atoms with Gasteiger partial charge in [0, 0.05) is 18.0 Å². The van der Waals surface area contributed by atoms with Crippen molar-refractivity contribution in [3.63, 3.8) is 0 Å². The Morgan fingerprint density at radius 2 is 1.87 bits per heavy atom. The summed E-state index contributed by atoms with van der Waals surface area (Å²) in [5, 5.41) is 0. The molecule has 1 aromatic heterocycles. The fourth-order valence-corrected chi connectivity index (χ4v) is 1.46. The van der Waals surface area contributed by atoms with Crippen LogP contribution in [0.15, 0.2) is 49.1 Å². The van der Waals surface area contributed by atoms with Crippen LogP contribution in [-0.2, 0) is 0 Å². The molecule has 0 atom stereocenters. The third kappa shape index (κ3) is 2.29. The van der Waals surface area contributed by atoms with E-state index in [0.717, 1.165) is 11.1 Å². The van der Waals surface area contributed by atoms with E-state index in [1.807, 2.05) is 31.5 Å². The largest absolute Gasteiger partial charge is 0.244 e. The Balaban J connectivity index is 2.41. The zero-order valence-electron chi connectivity index (χ0n) is 8.59. The summed E-state index contributed by atoms with van der Waals surface area (Å²) in [7, 11) is 0. The highest BCUT2D eigenvalue weighted by atomic mass is 14.8. The van der Waals surface area contributed by atoms with Crippen molar-refractivity contribution in [1.82, 2.24) is 9.97 Å². The Morgan fingerprint density at radius 3 is 2.60 bits per heavy atom. The number of hydrogen-bond donors (Lipinski definition) is 0. The molecule has 2 aromatic rings. The quantitative estimate of drug-likeness (QED) is 0.737. The van der Waals surface area contributed by atoms with E-state index < -0.39 is 0 Å². The van der Waals surface area contributed by atoms with Gasteiger partial charge in [0.25, 0.3) is 0 Å². The van der Waals surface area contributed by atoms with E-state index in [9.17, 15) is 0 Å². The van der Waals surface area contributed by atoms with E-state index in [-0.39, 0.29) is 0 Å². The molecule has 2 nitrogen and oxygen atoms in total. The van der Waals surface area contributed by atoms with Crippen molar-refractivity contribution in [2.45, 2.75) is 6.92 Å². The molecule has 1 heterocycles. The number of allylic oxidation sites excluding steroid dienone is 1. The zero-order chi connectivity index (χ0) is 10.5. The fraction of sp³-hybridized carbons (Fsp3) is 0.0769. The lowest BCUT2D eigenvalue weighted by Gasteiger charge is -2.01. The molecular formula is C13H12N2. The number of nitrogens with zero attached hydrogens (tertiary/aromatic N) is 2. The number of aromatic nitrogens is 2. The molecule has 0 fully saturated rings. The molecule has 0 aliphatic carbocycles. The van der Waals surface area contributed by atoms with Crippen LogP contribution >= 0.6 is 0 Å². The smallest absolute Gasteiger partial charge is 0.115 e. The maximum Gasteiger partial charge on any atom is 0.115 e. The molecule has 0 aliphatic rings. The third-order valence-electron chi connectivity index (χ3n) is 2.14. The summed E-state index contributed by atoms with van der Waals surface area (Å²) >= 11 is 0. The second-order valence-electron chi connectivity index (χ2n) is 3.25. The summed E-state index contributed by atoms with van der Waals surface area (Å²) in [6, 6.07) is 8.30. The summed E-state index contributed by atoms with van der Waals surface area (Å²) < 4.78 is 0. The minimum Gasteiger partial charge on any atom is -0.244 e. The standard InChI is InChI=1S/C13H12N2/c1-2-4-11-5-3-6-12(7-11)13-8-14-10-15-9-13/h2-10H,1H3/b4-2+. The van der Waals surface area contributed by atoms with Crippen LogP contribution in [0.1, 0.15) is 12.5 Å². The van der Waals surface area contributed by atoms with Gasteiger partial charge in [0.1, 0.15) is 6.33 Å². The van der Waals surface area contributed by atoms with Gasteiger partial charge in [-0.25, -0.2) is 9.97 Å². The van der Waals surface area contributed by atoms with Crippen LogP contribution in [-0.4, -0.2) is 9.97 Å². The van der Waals surface area contributed by atoms with Crippen LogP contribution in [0, 0.1) is 0 Å². The average molecular weight is 196 g/mol. The lowest BCUT2D eigenvalue weighted by atomic mass is 10.1. The predicted molar refractivity (Wildman–Crippen MR) is 62.2 cm³/mol. The van der Waals surface area contributed by atoms with Crippen LogP contribution in [0.4, 0.5) is 0 Å². The van der Waals surface area contributed by atoms with E-state index in [2.05, 4.69) is 34.2 Å². The third-order valence-corrected chi connectivity index (χ3v) is 2.14. The summed E-state index contributed by atoms with van der Waals surface area (Å²) in [6.07, 6.45) is 9.29. The van der Waals surface area contributed by atoms with E-state index in [4.69, 9.17) is 0 Å². The Hall–Kier alpha value is -1.96. The minimum absolute atomic E-state index is 1.05. The molecule has 0 N–H and O–H groups in total. The first-order valence-corrected chi connectivity index (χ1v) is 4.88. The highest BCUT2D eigenvalue weighted by Gasteiger charge is 1.97. The van der Waals surface area contributed by atoms with E-state index >= 15 is 0 Å². The average Bonchev–Trinajstić information content (AvgIpc) is 2.31. The van der Waals surface area contributed by atoms with Crippen LogP contribution in [0.5, 0.6) is 0 Å². The first-order valence-electron chi connectivity index (χ1n) is 4.88. The highest BCUT2D eigenvalue weighted by Crippen LogP contribution is 2.18. The van der Waals surface area contributed by atoms with E-state index in [1.54, 1.807) is 6.33 Å². The van der Waals surface area contributed by atoms with Gasteiger partial charge in [0.2, 0.25) is 0 Å². The monoisotopic (exact) mass is 196 g/mol. The maximum absolute atomic E-state index is 4.01. The Labute approximate surface area is 89.3 Å². The molecule has 74 valence electrons. The molecule has 0 saturated heterocycles. The molecule has 2 heteroatoms. The van der Waals surface area contributed by atoms with Gasteiger partial charge in [-0.3, -0.25) is 0 Å². The lowest BCUT2D eigenvalue weighted by molar-refractivity contribution is 1.17. The van der Waals surface area contributed by atoms with E-state index in [0.29, 0.717) is 0 Å². The second-order valence-corrected chi connectivity index (χ2v) is 3.25. The minimum atomic E-state index is 1.05.